The molecule has 186 valence electrons. The van der Waals surface area contributed by atoms with Gasteiger partial charge < -0.3 is 24.8 Å². The Morgan fingerprint density at radius 3 is 2.62 bits per heavy atom. The van der Waals surface area contributed by atoms with E-state index in [0.29, 0.717) is 48.4 Å². The van der Waals surface area contributed by atoms with Crippen molar-refractivity contribution in [2.45, 2.75) is 52.6 Å². The standard InChI is InChI=1S/C25H35N3O6/c1-16(8-10-20(29)33-14-13-28-11-5-6-12-28)7-9-18-22(27-25(31)26-3)21-19(15-34-24(21)30)17(2)23(18)32-4/h7H,5-6,8-15H2,1-4H3,(H2,26,27,31)/b16-7+. The third-order valence-corrected chi connectivity index (χ3v) is 6.39. The molecule has 0 aromatic heterocycles. The number of carbonyl (C=O) groups excluding carboxylic acids is 3. The molecule has 3 rings (SSSR count). The number of allylic oxidation sites excluding steroid dienone is 2. The van der Waals surface area contributed by atoms with Crippen molar-refractivity contribution >= 4 is 23.7 Å². The van der Waals surface area contributed by atoms with Crippen LogP contribution in [0.1, 0.15) is 59.7 Å². The molecule has 2 aliphatic rings. The van der Waals surface area contributed by atoms with E-state index in [4.69, 9.17) is 14.2 Å². The highest BCUT2D eigenvalue weighted by molar-refractivity contribution is 6.05. The first kappa shape index (κ1) is 25.6. The summed E-state index contributed by atoms with van der Waals surface area (Å²) in [6, 6.07) is -0.438. The molecule has 1 aromatic carbocycles. The quantitative estimate of drug-likeness (QED) is 0.397. The number of methoxy groups -OCH3 is 1. The molecule has 9 heteroatoms. The van der Waals surface area contributed by atoms with E-state index in [0.717, 1.165) is 36.3 Å². The third kappa shape index (κ3) is 6.08. The molecule has 2 N–H and O–H groups in total. The van der Waals surface area contributed by atoms with E-state index in [9.17, 15) is 14.4 Å². The number of cyclic esters (lactones) is 1. The second-order valence-corrected chi connectivity index (χ2v) is 8.67. The van der Waals surface area contributed by atoms with Crippen molar-refractivity contribution in [1.82, 2.24) is 10.2 Å². The van der Waals surface area contributed by atoms with Gasteiger partial charge in [0.1, 0.15) is 19.0 Å². The fourth-order valence-electron chi connectivity index (χ4n) is 4.41. The molecular formula is C25H35N3O6. The number of rotatable bonds is 10. The highest BCUT2D eigenvalue weighted by atomic mass is 16.5. The van der Waals surface area contributed by atoms with Crippen LogP contribution in [0.4, 0.5) is 10.5 Å². The zero-order valence-electron chi connectivity index (χ0n) is 20.5. The van der Waals surface area contributed by atoms with Crippen molar-refractivity contribution in [3.05, 3.63) is 33.9 Å². The Bertz CT molecular complexity index is 966. The average Bonchev–Trinajstić information content (AvgIpc) is 3.48. The van der Waals surface area contributed by atoms with Gasteiger partial charge in [0, 0.05) is 31.1 Å². The molecule has 1 aromatic rings. The topological polar surface area (TPSA) is 106 Å². The molecule has 0 saturated carbocycles. The minimum absolute atomic E-state index is 0.147. The van der Waals surface area contributed by atoms with Crippen molar-refractivity contribution in [2.75, 3.05) is 45.7 Å². The van der Waals surface area contributed by atoms with Gasteiger partial charge in [-0.3, -0.25) is 9.69 Å². The summed E-state index contributed by atoms with van der Waals surface area (Å²) in [5.74, 6) is -0.0674. The Labute approximate surface area is 200 Å². The average molecular weight is 474 g/mol. The third-order valence-electron chi connectivity index (χ3n) is 6.39. The van der Waals surface area contributed by atoms with Crippen LogP contribution in [0.3, 0.4) is 0 Å². The Hall–Kier alpha value is -3.07. The highest BCUT2D eigenvalue weighted by Crippen LogP contribution is 2.41. The molecule has 2 heterocycles. The van der Waals surface area contributed by atoms with E-state index >= 15 is 0 Å². The lowest BCUT2D eigenvalue weighted by Crippen LogP contribution is -2.26. The predicted octanol–water partition coefficient (Wildman–Crippen LogP) is 3.33. The summed E-state index contributed by atoms with van der Waals surface area (Å²) in [4.78, 5) is 39.0. The van der Waals surface area contributed by atoms with Gasteiger partial charge in [-0.2, -0.15) is 0 Å². The maximum Gasteiger partial charge on any atom is 0.341 e. The first-order valence-electron chi connectivity index (χ1n) is 11.8. The number of hydrogen-bond acceptors (Lipinski definition) is 7. The zero-order valence-corrected chi connectivity index (χ0v) is 20.5. The van der Waals surface area contributed by atoms with E-state index in [2.05, 4.69) is 15.5 Å². The largest absolute Gasteiger partial charge is 0.496 e. The number of ether oxygens (including phenoxy) is 3. The van der Waals surface area contributed by atoms with Gasteiger partial charge in [-0.05, 0) is 58.2 Å². The number of likely N-dealkylation sites (tertiary alicyclic amines) is 1. The van der Waals surface area contributed by atoms with Gasteiger partial charge in [0.15, 0.2) is 0 Å². The minimum Gasteiger partial charge on any atom is -0.496 e. The molecule has 0 spiro atoms. The zero-order chi connectivity index (χ0) is 24.7. The summed E-state index contributed by atoms with van der Waals surface area (Å²) < 4.78 is 16.3. The van der Waals surface area contributed by atoms with E-state index in [1.165, 1.54) is 19.9 Å². The van der Waals surface area contributed by atoms with Crippen molar-refractivity contribution in [3.63, 3.8) is 0 Å². The van der Waals surface area contributed by atoms with Crippen molar-refractivity contribution < 1.29 is 28.6 Å². The summed E-state index contributed by atoms with van der Waals surface area (Å²) in [5, 5.41) is 5.29. The van der Waals surface area contributed by atoms with Crippen molar-refractivity contribution in [3.8, 4) is 5.75 Å². The van der Waals surface area contributed by atoms with Gasteiger partial charge in [-0.1, -0.05) is 11.6 Å². The first-order valence-corrected chi connectivity index (χ1v) is 11.8. The fraction of sp³-hybridized carbons (Fsp3) is 0.560. The smallest absolute Gasteiger partial charge is 0.341 e. The summed E-state index contributed by atoms with van der Waals surface area (Å²) >= 11 is 0. The second kappa shape index (κ2) is 11.9. The number of nitrogens with zero attached hydrogens (tertiary/aromatic N) is 1. The van der Waals surface area contributed by atoms with Crippen LogP contribution in [0.15, 0.2) is 11.6 Å². The Kier molecular flexibility index (Phi) is 8.92. The lowest BCUT2D eigenvalue weighted by atomic mass is 9.93. The van der Waals surface area contributed by atoms with Crippen molar-refractivity contribution in [1.29, 1.82) is 0 Å². The Morgan fingerprint density at radius 1 is 1.21 bits per heavy atom. The van der Waals surface area contributed by atoms with E-state index in [-0.39, 0.29) is 12.6 Å². The maximum atomic E-state index is 12.4. The predicted molar refractivity (Wildman–Crippen MR) is 128 cm³/mol. The number of amides is 2. The maximum absolute atomic E-state index is 12.4. The first-order chi connectivity index (χ1) is 16.3. The number of fused-ring (bicyclic) bond motifs is 1. The summed E-state index contributed by atoms with van der Waals surface area (Å²) in [5.41, 5.74) is 3.98. The molecule has 0 atom stereocenters. The number of urea groups is 1. The monoisotopic (exact) mass is 473 g/mol. The molecular weight excluding hydrogens is 438 g/mol. The van der Waals surface area contributed by atoms with Gasteiger partial charge >= 0.3 is 18.0 Å². The molecule has 0 unspecified atom stereocenters. The molecule has 0 bridgehead atoms. The van der Waals surface area contributed by atoms with Gasteiger partial charge in [-0.15, -0.1) is 0 Å². The number of esters is 2. The van der Waals surface area contributed by atoms with Crippen LogP contribution in [-0.2, 0) is 27.3 Å². The summed E-state index contributed by atoms with van der Waals surface area (Å²) in [6.07, 6.45) is 5.70. The normalized spacial score (nSPS) is 15.6. The van der Waals surface area contributed by atoms with Crippen LogP contribution in [0.5, 0.6) is 5.75 Å². The van der Waals surface area contributed by atoms with Crippen LogP contribution in [-0.4, -0.2) is 63.3 Å². The van der Waals surface area contributed by atoms with E-state index in [1.807, 2.05) is 19.9 Å². The van der Waals surface area contributed by atoms with Gasteiger partial charge in [0.25, 0.3) is 0 Å². The molecule has 0 radical (unpaired) electrons. The number of benzene rings is 1. The van der Waals surface area contributed by atoms with E-state index < -0.39 is 12.0 Å². The van der Waals surface area contributed by atoms with Crippen LogP contribution in [0, 0.1) is 6.92 Å². The van der Waals surface area contributed by atoms with E-state index in [1.54, 1.807) is 7.11 Å². The fourth-order valence-corrected chi connectivity index (χ4v) is 4.41. The molecule has 1 fully saturated rings. The van der Waals surface area contributed by atoms with Crippen LogP contribution in [0.25, 0.3) is 0 Å². The number of nitrogens with one attached hydrogen (secondary N) is 2. The lowest BCUT2D eigenvalue weighted by Gasteiger charge is -2.19. The molecule has 2 aliphatic heterocycles. The number of hydrogen-bond donors (Lipinski definition) is 2. The molecule has 1 saturated heterocycles. The van der Waals surface area contributed by atoms with Gasteiger partial charge in [-0.25, -0.2) is 9.59 Å². The molecule has 0 aliphatic carbocycles. The summed E-state index contributed by atoms with van der Waals surface area (Å²) in [7, 11) is 3.07. The summed E-state index contributed by atoms with van der Waals surface area (Å²) in [6.45, 7) is 7.36. The van der Waals surface area contributed by atoms with Gasteiger partial charge in [0.2, 0.25) is 0 Å². The van der Waals surface area contributed by atoms with Crippen molar-refractivity contribution in [2.24, 2.45) is 0 Å². The Morgan fingerprint density at radius 2 is 1.94 bits per heavy atom. The van der Waals surface area contributed by atoms with Crippen LogP contribution in [0.2, 0.25) is 0 Å². The SMILES string of the molecule is CNC(=O)Nc1c(C/C=C(\C)CCC(=O)OCCN2CCCC2)c(OC)c(C)c2c1C(=O)OC2. The minimum atomic E-state index is -0.467. The highest BCUT2D eigenvalue weighted by Gasteiger charge is 2.32. The lowest BCUT2D eigenvalue weighted by molar-refractivity contribution is -0.143. The number of anilines is 1. The molecule has 2 amide bonds. The number of carbonyl (C=O) groups is 3. The Balaban J connectivity index is 1.69. The van der Waals surface area contributed by atoms with Gasteiger partial charge in [0.05, 0.1) is 18.4 Å². The van der Waals surface area contributed by atoms with Crippen LogP contribution < -0.4 is 15.4 Å². The molecule has 9 nitrogen and oxygen atoms in total. The molecule has 34 heavy (non-hydrogen) atoms. The van der Waals surface area contributed by atoms with Crippen LogP contribution >= 0.6 is 0 Å². The second-order valence-electron chi connectivity index (χ2n) is 8.67.